The zero-order valence-electron chi connectivity index (χ0n) is 15.2. The first-order valence-electron chi connectivity index (χ1n) is 8.65. The Hall–Kier alpha value is -2.62. The smallest absolute Gasteiger partial charge is 0.250 e. The fraction of sp³-hybridized carbons (Fsp3) is 0.333. The Bertz CT molecular complexity index is 916. The quantitative estimate of drug-likeness (QED) is 0.695. The number of benzene rings is 1. The van der Waals surface area contributed by atoms with Gasteiger partial charge in [-0.1, -0.05) is 43.3 Å². The lowest BCUT2D eigenvalue weighted by molar-refractivity contribution is 0.393. The van der Waals surface area contributed by atoms with Gasteiger partial charge in [0.2, 0.25) is 0 Å². The normalized spacial score (nSPS) is 11.2. The summed E-state index contributed by atoms with van der Waals surface area (Å²) in [6, 6.07) is 11.9. The fourth-order valence-corrected chi connectivity index (χ4v) is 3.22. The molecular formula is C21H24N2O2. The molecule has 1 aromatic carbocycles. The number of aryl methyl sites for hydroxylation is 2. The number of nitrogens with zero attached hydrogens (tertiary/aromatic N) is 2. The number of rotatable bonds is 5. The Balaban J connectivity index is 1.93. The highest BCUT2D eigenvalue weighted by molar-refractivity contribution is 5.66. The molecule has 0 fully saturated rings. The molecule has 4 heteroatoms. The highest BCUT2D eigenvalue weighted by atomic mass is 16.5. The summed E-state index contributed by atoms with van der Waals surface area (Å²) in [6.45, 7) is 8.79. The van der Waals surface area contributed by atoms with E-state index >= 15 is 0 Å². The molecule has 3 rings (SSSR count). The predicted molar refractivity (Wildman–Crippen MR) is 99.8 cm³/mol. The molecular weight excluding hydrogens is 312 g/mol. The van der Waals surface area contributed by atoms with Crippen LogP contribution in [-0.2, 0) is 13.0 Å². The van der Waals surface area contributed by atoms with Crippen molar-refractivity contribution < 1.29 is 4.52 Å². The third kappa shape index (κ3) is 3.90. The first-order valence-corrected chi connectivity index (χ1v) is 8.65. The fourth-order valence-electron chi connectivity index (χ4n) is 3.22. The van der Waals surface area contributed by atoms with Gasteiger partial charge in [0.25, 0.3) is 5.56 Å². The molecule has 4 nitrogen and oxygen atoms in total. The third-order valence-corrected chi connectivity index (χ3v) is 4.29. The van der Waals surface area contributed by atoms with Gasteiger partial charge in [0.05, 0.1) is 12.2 Å². The topological polar surface area (TPSA) is 48.0 Å². The van der Waals surface area contributed by atoms with Gasteiger partial charge < -0.3 is 9.09 Å². The molecule has 2 heterocycles. The van der Waals surface area contributed by atoms with Gasteiger partial charge in [0.15, 0.2) is 0 Å². The van der Waals surface area contributed by atoms with Crippen LogP contribution in [0.15, 0.2) is 51.9 Å². The Labute approximate surface area is 148 Å². The highest BCUT2D eigenvalue weighted by Gasteiger charge is 2.12. The largest absolute Gasteiger partial charge is 0.361 e. The van der Waals surface area contributed by atoms with Crippen molar-refractivity contribution in [1.29, 1.82) is 0 Å². The van der Waals surface area contributed by atoms with Crippen LogP contribution in [0.25, 0.3) is 11.1 Å². The van der Waals surface area contributed by atoms with Gasteiger partial charge >= 0.3 is 0 Å². The van der Waals surface area contributed by atoms with E-state index in [9.17, 15) is 4.79 Å². The molecule has 0 N–H and O–H groups in total. The summed E-state index contributed by atoms with van der Waals surface area (Å²) in [5.41, 5.74) is 5.18. The zero-order valence-corrected chi connectivity index (χ0v) is 15.2. The van der Waals surface area contributed by atoms with Crippen LogP contribution in [-0.4, -0.2) is 9.72 Å². The summed E-state index contributed by atoms with van der Waals surface area (Å²) in [5, 5.41) is 4.01. The van der Waals surface area contributed by atoms with Gasteiger partial charge in [0.1, 0.15) is 5.76 Å². The minimum Gasteiger partial charge on any atom is -0.361 e. The average Bonchev–Trinajstić information content (AvgIpc) is 2.88. The second-order valence-electron chi connectivity index (χ2n) is 7.00. The van der Waals surface area contributed by atoms with E-state index < -0.39 is 0 Å². The van der Waals surface area contributed by atoms with Crippen molar-refractivity contribution in [3.8, 4) is 11.1 Å². The summed E-state index contributed by atoms with van der Waals surface area (Å²) in [5.74, 6) is 1.38. The molecule has 0 atom stereocenters. The van der Waals surface area contributed by atoms with E-state index in [-0.39, 0.29) is 5.56 Å². The average molecular weight is 336 g/mol. The second kappa shape index (κ2) is 7.09. The number of hydrogen-bond acceptors (Lipinski definition) is 3. The molecule has 0 saturated heterocycles. The van der Waals surface area contributed by atoms with Crippen molar-refractivity contribution in [1.82, 2.24) is 9.72 Å². The summed E-state index contributed by atoms with van der Waals surface area (Å²) < 4.78 is 7.00. The van der Waals surface area contributed by atoms with Gasteiger partial charge in [0, 0.05) is 23.4 Å². The lowest BCUT2D eigenvalue weighted by atomic mass is 10.0. The maximum atomic E-state index is 12.3. The number of hydrogen-bond donors (Lipinski definition) is 0. The molecule has 0 aliphatic heterocycles. The Morgan fingerprint density at radius 1 is 1.12 bits per heavy atom. The second-order valence-corrected chi connectivity index (χ2v) is 7.00. The summed E-state index contributed by atoms with van der Waals surface area (Å²) >= 11 is 0. The van der Waals surface area contributed by atoms with Crippen LogP contribution in [0.5, 0.6) is 0 Å². The molecule has 0 aliphatic carbocycles. The maximum absolute atomic E-state index is 12.3. The Kier molecular flexibility index (Phi) is 4.88. The van der Waals surface area contributed by atoms with E-state index in [4.69, 9.17) is 4.52 Å². The van der Waals surface area contributed by atoms with Crippen LogP contribution >= 0.6 is 0 Å². The van der Waals surface area contributed by atoms with Crippen molar-refractivity contribution in [2.24, 2.45) is 5.92 Å². The molecule has 0 bridgehead atoms. The van der Waals surface area contributed by atoms with Gasteiger partial charge in [-0.2, -0.15) is 0 Å². The zero-order chi connectivity index (χ0) is 18.0. The van der Waals surface area contributed by atoms with Crippen molar-refractivity contribution in [3.63, 3.8) is 0 Å². The van der Waals surface area contributed by atoms with Crippen molar-refractivity contribution in [3.05, 3.63) is 75.5 Å². The van der Waals surface area contributed by atoms with E-state index in [1.165, 1.54) is 5.56 Å². The molecule has 2 aromatic heterocycles. The monoisotopic (exact) mass is 336 g/mol. The summed E-state index contributed by atoms with van der Waals surface area (Å²) in [7, 11) is 0. The van der Waals surface area contributed by atoms with Crippen molar-refractivity contribution in [2.45, 2.75) is 40.7 Å². The molecule has 0 unspecified atom stereocenters. The minimum atomic E-state index is -0.00947. The van der Waals surface area contributed by atoms with Gasteiger partial charge in [-0.3, -0.25) is 4.79 Å². The molecule has 0 spiro atoms. The van der Waals surface area contributed by atoms with Gasteiger partial charge in [-0.05, 0) is 43.4 Å². The van der Waals surface area contributed by atoms with Gasteiger partial charge in [-0.15, -0.1) is 0 Å². The SMILES string of the molecule is Cc1noc(C)c1-c1ccc(=O)n(Cc2cccc(CC(C)C)c2)c1. The number of pyridine rings is 1. The lowest BCUT2D eigenvalue weighted by Gasteiger charge is -2.11. The third-order valence-electron chi connectivity index (χ3n) is 4.29. The maximum Gasteiger partial charge on any atom is 0.250 e. The van der Waals surface area contributed by atoms with Crippen LogP contribution in [0.1, 0.15) is 36.4 Å². The first-order chi connectivity index (χ1) is 11.9. The Morgan fingerprint density at radius 3 is 2.56 bits per heavy atom. The van der Waals surface area contributed by atoms with E-state index in [1.54, 1.807) is 10.6 Å². The van der Waals surface area contributed by atoms with E-state index in [0.717, 1.165) is 34.6 Å². The van der Waals surface area contributed by atoms with E-state index in [0.29, 0.717) is 12.5 Å². The Morgan fingerprint density at radius 2 is 1.88 bits per heavy atom. The molecule has 25 heavy (non-hydrogen) atoms. The van der Waals surface area contributed by atoms with Crippen LogP contribution in [0.3, 0.4) is 0 Å². The predicted octanol–water partition coefficient (Wildman–Crippen LogP) is 4.37. The van der Waals surface area contributed by atoms with Crippen LogP contribution < -0.4 is 5.56 Å². The minimum absolute atomic E-state index is 0.00947. The summed E-state index contributed by atoms with van der Waals surface area (Å²) in [6.07, 6.45) is 2.94. The molecule has 0 aliphatic rings. The first kappa shape index (κ1) is 17.2. The standard InChI is InChI=1S/C21H24N2O2/c1-14(2)10-17-6-5-7-18(11-17)12-23-13-19(8-9-20(23)24)21-15(3)22-25-16(21)4/h5-9,11,13-14H,10,12H2,1-4H3. The number of aromatic nitrogens is 2. The molecule has 0 radical (unpaired) electrons. The van der Waals surface area contributed by atoms with Crippen molar-refractivity contribution >= 4 is 0 Å². The van der Waals surface area contributed by atoms with Gasteiger partial charge in [-0.25, -0.2) is 0 Å². The van der Waals surface area contributed by atoms with Crippen molar-refractivity contribution in [2.75, 3.05) is 0 Å². The molecule has 0 saturated carbocycles. The molecule has 0 amide bonds. The lowest BCUT2D eigenvalue weighted by Crippen LogP contribution is -2.19. The molecule has 130 valence electrons. The van der Waals surface area contributed by atoms with E-state index in [2.05, 4.69) is 43.3 Å². The highest BCUT2D eigenvalue weighted by Crippen LogP contribution is 2.25. The van der Waals surface area contributed by atoms with Crippen LogP contribution in [0.2, 0.25) is 0 Å². The van der Waals surface area contributed by atoms with Crippen LogP contribution in [0.4, 0.5) is 0 Å². The molecule has 3 aromatic rings. The van der Waals surface area contributed by atoms with Crippen LogP contribution in [0, 0.1) is 19.8 Å². The summed E-state index contributed by atoms with van der Waals surface area (Å²) in [4.78, 5) is 12.3. The van der Waals surface area contributed by atoms with E-state index in [1.807, 2.05) is 26.1 Å².